The Hall–Kier alpha value is -1.62. The summed E-state index contributed by atoms with van der Waals surface area (Å²) in [5.74, 6) is 0.0612. The molecular formula is C14H18N2. The van der Waals surface area contributed by atoms with Crippen molar-refractivity contribution in [1.82, 2.24) is 0 Å². The molecule has 0 radical (unpaired) electrons. The minimum absolute atomic E-state index is 0.0612. The van der Waals surface area contributed by atoms with Crippen molar-refractivity contribution in [2.45, 2.75) is 26.7 Å². The van der Waals surface area contributed by atoms with Crippen LogP contribution < -0.4 is 0 Å². The zero-order valence-corrected chi connectivity index (χ0v) is 9.98. The second-order valence-corrected chi connectivity index (χ2v) is 4.02. The van der Waals surface area contributed by atoms with Crippen molar-refractivity contribution in [3.05, 3.63) is 35.4 Å². The predicted octanol–water partition coefficient (Wildman–Crippen LogP) is 3.35. The topological polar surface area (TPSA) is 36.1 Å². The third-order valence-corrected chi connectivity index (χ3v) is 2.43. The van der Waals surface area contributed by atoms with Crippen molar-refractivity contribution in [1.29, 1.82) is 5.26 Å². The highest BCUT2D eigenvalue weighted by Crippen LogP contribution is 2.06. The Morgan fingerprint density at radius 2 is 2.31 bits per heavy atom. The molecule has 0 saturated heterocycles. The van der Waals surface area contributed by atoms with E-state index in [1.807, 2.05) is 18.3 Å². The Labute approximate surface area is 97.6 Å². The lowest BCUT2D eigenvalue weighted by Gasteiger charge is -2.02. The van der Waals surface area contributed by atoms with Crippen molar-refractivity contribution in [3.63, 3.8) is 0 Å². The molecular weight excluding hydrogens is 196 g/mol. The molecule has 0 aliphatic heterocycles. The number of aryl methyl sites for hydroxylation is 1. The lowest BCUT2D eigenvalue weighted by molar-refractivity contribution is 0.605. The number of rotatable bonds is 5. The molecule has 1 atom stereocenters. The molecule has 0 heterocycles. The maximum Gasteiger partial charge on any atom is 0.0675 e. The lowest BCUT2D eigenvalue weighted by atomic mass is 10.1. The Balaban J connectivity index is 2.51. The van der Waals surface area contributed by atoms with E-state index < -0.39 is 0 Å². The summed E-state index contributed by atoms with van der Waals surface area (Å²) < 4.78 is 0. The summed E-state index contributed by atoms with van der Waals surface area (Å²) in [7, 11) is 0. The molecule has 0 aliphatic carbocycles. The van der Waals surface area contributed by atoms with Gasteiger partial charge in [-0.2, -0.15) is 5.26 Å². The average Bonchev–Trinajstić information content (AvgIpc) is 2.28. The third kappa shape index (κ3) is 4.27. The quantitative estimate of drug-likeness (QED) is 0.692. The predicted molar refractivity (Wildman–Crippen MR) is 67.7 cm³/mol. The summed E-state index contributed by atoms with van der Waals surface area (Å²) in [6.45, 7) is 4.76. The zero-order valence-electron chi connectivity index (χ0n) is 9.98. The second kappa shape index (κ2) is 6.79. The average molecular weight is 214 g/mol. The van der Waals surface area contributed by atoms with Crippen molar-refractivity contribution >= 4 is 6.21 Å². The van der Waals surface area contributed by atoms with Crippen LogP contribution in [0.1, 0.15) is 30.9 Å². The standard InChI is InChI=1S/C14H18N2/c1-3-5-14(9-15)11-16-10-13-7-4-6-12(2)8-13/h4,6-8,10,14H,3,5,11H2,1-2H3. The Kier molecular flexibility index (Phi) is 5.28. The van der Waals surface area contributed by atoms with Crippen LogP contribution in [-0.2, 0) is 0 Å². The maximum atomic E-state index is 8.87. The van der Waals surface area contributed by atoms with Gasteiger partial charge >= 0.3 is 0 Å². The number of nitrogens with zero attached hydrogens (tertiary/aromatic N) is 2. The van der Waals surface area contributed by atoms with Gasteiger partial charge in [0, 0.05) is 6.21 Å². The molecule has 1 aromatic carbocycles. The van der Waals surface area contributed by atoms with Gasteiger partial charge in [0.2, 0.25) is 0 Å². The molecule has 0 aromatic heterocycles. The van der Waals surface area contributed by atoms with Crippen molar-refractivity contribution in [2.24, 2.45) is 10.9 Å². The van der Waals surface area contributed by atoms with Gasteiger partial charge in [-0.15, -0.1) is 0 Å². The monoisotopic (exact) mass is 214 g/mol. The molecule has 1 rings (SSSR count). The van der Waals surface area contributed by atoms with Gasteiger partial charge in [0.15, 0.2) is 0 Å². The minimum Gasteiger partial charge on any atom is -0.291 e. The van der Waals surface area contributed by atoms with Crippen molar-refractivity contribution in [2.75, 3.05) is 6.54 Å². The first-order valence-electron chi connectivity index (χ1n) is 5.72. The van der Waals surface area contributed by atoms with Gasteiger partial charge in [-0.05, 0) is 18.9 Å². The number of hydrogen-bond acceptors (Lipinski definition) is 2. The lowest BCUT2D eigenvalue weighted by Crippen LogP contribution is -2.01. The Bertz CT molecular complexity index is 388. The highest BCUT2D eigenvalue weighted by atomic mass is 14.7. The fourth-order valence-corrected chi connectivity index (χ4v) is 1.58. The Morgan fingerprint density at radius 3 is 2.94 bits per heavy atom. The molecule has 0 saturated carbocycles. The van der Waals surface area contributed by atoms with Crippen LogP contribution in [0, 0.1) is 24.2 Å². The molecule has 2 heteroatoms. The molecule has 1 unspecified atom stereocenters. The highest BCUT2D eigenvalue weighted by Gasteiger charge is 2.03. The van der Waals surface area contributed by atoms with Gasteiger partial charge in [0.05, 0.1) is 18.5 Å². The van der Waals surface area contributed by atoms with Crippen molar-refractivity contribution in [3.8, 4) is 6.07 Å². The van der Waals surface area contributed by atoms with Crippen LogP contribution in [0.15, 0.2) is 29.3 Å². The largest absolute Gasteiger partial charge is 0.291 e. The van der Waals surface area contributed by atoms with E-state index in [0.29, 0.717) is 6.54 Å². The maximum absolute atomic E-state index is 8.87. The summed E-state index contributed by atoms with van der Waals surface area (Å²) in [5.41, 5.74) is 2.34. The van der Waals surface area contributed by atoms with Crippen molar-refractivity contribution < 1.29 is 0 Å². The first-order valence-corrected chi connectivity index (χ1v) is 5.72. The van der Waals surface area contributed by atoms with Gasteiger partial charge in [0.25, 0.3) is 0 Å². The zero-order chi connectivity index (χ0) is 11.8. The number of nitriles is 1. The molecule has 0 bridgehead atoms. The van der Waals surface area contributed by atoms with Gasteiger partial charge in [0.1, 0.15) is 0 Å². The van der Waals surface area contributed by atoms with E-state index in [0.717, 1.165) is 18.4 Å². The Morgan fingerprint density at radius 1 is 1.50 bits per heavy atom. The number of hydrogen-bond donors (Lipinski definition) is 0. The SMILES string of the molecule is CCCC(C#N)CN=Cc1cccc(C)c1. The van der Waals surface area contributed by atoms with Crippen LogP contribution in [0.5, 0.6) is 0 Å². The van der Waals surface area contributed by atoms with E-state index in [2.05, 4.69) is 37.0 Å². The first-order chi connectivity index (χ1) is 7.76. The highest BCUT2D eigenvalue weighted by molar-refractivity contribution is 5.79. The molecule has 0 N–H and O–H groups in total. The fraction of sp³-hybridized carbons (Fsp3) is 0.429. The van der Waals surface area contributed by atoms with E-state index in [1.165, 1.54) is 5.56 Å². The van der Waals surface area contributed by atoms with E-state index in [4.69, 9.17) is 5.26 Å². The molecule has 16 heavy (non-hydrogen) atoms. The fourth-order valence-electron chi connectivity index (χ4n) is 1.58. The van der Waals surface area contributed by atoms with Crippen LogP contribution >= 0.6 is 0 Å². The molecule has 0 aliphatic rings. The molecule has 2 nitrogen and oxygen atoms in total. The minimum atomic E-state index is 0.0612. The van der Waals surface area contributed by atoms with Crippen LogP contribution in [0.2, 0.25) is 0 Å². The molecule has 0 spiro atoms. The molecule has 1 aromatic rings. The van der Waals surface area contributed by atoms with E-state index in [9.17, 15) is 0 Å². The van der Waals surface area contributed by atoms with Crippen LogP contribution in [0.3, 0.4) is 0 Å². The summed E-state index contributed by atoms with van der Waals surface area (Å²) in [4.78, 5) is 4.32. The van der Waals surface area contributed by atoms with Gasteiger partial charge in [-0.25, -0.2) is 0 Å². The summed E-state index contributed by atoms with van der Waals surface area (Å²) in [6, 6.07) is 10.5. The van der Waals surface area contributed by atoms with Gasteiger partial charge < -0.3 is 0 Å². The van der Waals surface area contributed by atoms with Crippen LogP contribution in [0.4, 0.5) is 0 Å². The number of aliphatic imine (C=N–C) groups is 1. The summed E-state index contributed by atoms with van der Waals surface area (Å²) in [6.07, 6.45) is 3.83. The van der Waals surface area contributed by atoms with Gasteiger partial charge in [-0.3, -0.25) is 4.99 Å². The molecule has 0 fully saturated rings. The second-order valence-electron chi connectivity index (χ2n) is 4.02. The van der Waals surface area contributed by atoms with Crippen LogP contribution in [-0.4, -0.2) is 12.8 Å². The first kappa shape index (κ1) is 12.4. The molecule has 0 amide bonds. The van der Waals surface area contributed by atoms with E-state index >= 15 is 0 Å². The smallest absolute Gasteiger partial charge is 0.0675 e. The number of benzene rings is 1. The molecule has 84 valence electrons. The van der Waals surface area contributed by atoms with E-state index in [1.54, 1.807) is 0 Å². The van der Waals surface area contributed by atoms with E-state index in [-0.39, 0.29) is 5.92 Å². The van der Waals surface area contributed by atoms with Gasteiger partial charge in [-0.1, -0.05) is 43.2 Å². The van der Waals surface area contributed by atoms with Crippen LogP contribution in [0.25, 0.3) is 0 Å². The summed E-state index contributed by atoms with van der Waals surface area (Å²) >= 11 is 0. The normalized spacial score (nSPS) is 12.6. The third-order valence-electron chi connectivity index (χ3n) is 2.43. The summed E-state index contributed by atoms with van der Waals surface area (Å²) in [5, 5.41) is 8.87.